The van der Waals surface area contributed by atoms with E-state index in [1.54, 1.807) is 0 Å². The molecule has 0 atom stereocenters. The van der Waals surface area contributed by atoms with E-state index in [1.807, 2.05) is 18.2 Å². The Labute approximate surface area is 246 Å². The van der Waals surface area contributed by atoms with E-state index < -0.39 is 0 Å². The molecule has 0 aromatic heterocycles. The summed E-state index contributed by atoms with van der Waals surface area (Å²) in [7, 11) is 0. The van der Waals surface area contributed by atoms with E-state index >= 15 is 0 Å². The van der Waals surface area contributed by atoms with Gasteiger partial charge < -0.3 is 15.3 Å². The molecule has 3 N–H and O–H groups in total. The summed E-state index contributed by atoms with van der Waals surface area (Å²) in [5, 5.41) is 32.7. The van der Waals surface area contributed by atoms with Gasteiger partial charge in [0.1, 0.15) is 17.2 Å². The van der Waals surface area contributed by atoms with E-state index in [1.165, 1.54) is 74.5 Å². The molecule has 6 rings (SSSR count). The van der Waals surface area contributed by atoms with E-state index in [4.69, 9.17) is 0 Å². The van der Waals surface area contributed by atoms with Gasteiger partial charge >= 0.3 is 0 Å². The van der Waals surface area contributed by atoms with Crippen LogP contribution in [0.2, 0.25) is 0 Å². The zero-order valence-corrected chi connectivity index (χ0v) is 24.7. The van der Waals surface area contributed by atoms with E-state index in [-0.39, 0.29) is 5.92 Å². The molecule has 3 nitrogen and oxygen atoms in total. The number of phenolic OH excluding ortho intramolecular Hbond substituents is 3. The van der Waals surface area contributed by atoms with Crippen LogP contribution in [0.5, 0.6) is 17.2 Å². The molecule has 3 fully saturated rings. The second-order valence-electron chi connectivity index (χ2n) is 13.3. The van der Waals surface area contributed by atoms with Gasteiger partial charge in [0.25, 0.3) is 0 Å². The molecule has 0 bridgehead atoms. The summed E-state index contributed by atoms with van der Waals surface area (Å²) in [6, 6.07) is 18.9. The fraction of sp³-hybridized carbons (Fsp3) is 0.526. The van der Waals surface area contributed by atoms with Crippen LogP contribution in [-0.2, 0) is 6.42 Å². The van der Waals surface area contributed by atoms with Crippen molar-refractivity contribution in [1.29, 1.82) is 0 Å². The Hall–Kier alpha value is -2.94. The van der Waals surface area contributed by atoms with E-state index in [0.29, 0.717) is 35.0 Å². The lowest BCUT2D eigenvalue weighted by Gasteiger charge is -2.27. The summed E-state index contributed by atoms with van der Waals surface area (Å²) >= 11 is 0. The van der Waals surface area contributed by atoms with Gasteiger partial charge in [-0.1, -0.05) is 94.2 Å². The maximum Gasteiger partial charge on any atom is 0.119 e. The fourth-order valence-electron chi connectivity index (χ4n) is 8.20. The van der Waals surface area contributed by atoms with Crippen molar-refractivity contribution in [1.82, 2.24) is 0 Å². The first kappa shape index (κ1) is 28.2. The first-order valence-corrected chi connectivity index (χ1v) is 16.5. The van der Waals surface area contributed by atoms with Gasteiger partial charge in [0.2, 0.25) is 0 Å². The third kappa shape index (κ3) is 6.45. The average Bonchev–Trinajstić information content (AvgIpc) is 3.02. The Bertz CT molecular complexity index is 1240. The molecule has 3 aliphatic rings. The molecule has 0 amide bonds. The molecule has 0 unspecified atom stereocenters. The molecular weight excluding hydrogens is 504 g/mol. The van der Waals surface area contributed by atoms with Gasteiger partial charge in [-0.05, 0) is 114 Å². The Balaban J connectivity index is 1.39. The molecule has 0 heterocycles. The molecular formula is C38H48O3. The highest BCUT2D eigenvalue weighted by Crippen LogP contribution is 2.43. The number of aromatic hydroxyl groups is 3. The van der Waals surface area contributed by atoms with Gasteiger partial charge in [-0.15, -0.1) is 0 Å². The van der Waals surface area contributed by atoms with Crippen molar-refractivity contribution in [2.45, 2.75) is 126 Å². The molecule has 0 radical (unpaired) electrons. The summed E-state index contributed by atoms with van der Waals surface area (Å²) in [4.78, 5) is 0. The Morgan fingerprint density at radius 3 is 1.24 bits per heavy atom. The molecule has 3 heteroatoms. The van der Waals surface area contributed by atoms with Gasteiger partial charge in [-0.3, -0.25) is 0 Å². The Morgan fingerprint density at radius 1 is 0.463 bits per heavy atom. The summed E-state index contributed by atoms with van der Waals surface area (Å²) in [6.45, 7) is 0. The first-order chi connectivity index (χ1) is 20.1. The summed E-state index contributed by atoms with van der Waals surface area (Å²) in [5.74, 6) is 2.69. The predicted octanol–water partition coefficient (Wildman–Crippen LogP) is 10.3. The second-order valence-corrected chi connectivity index (χ2v) is 13.3. The van der Waals surface area contributed by atoms with Gasteiger partial charge in [-0.25, -0.2) is 0 Å². The molecule has 3 aromatic rings. The third-order valence-electron chi connectivity index (χ3n) is 10.6. The number of hydrogen-bond donors (Lipinski definition) is 3. The summed E-state index contributed by atoms with van der Waals surface area (Å²) in [6.07, 6.45) is 19.0. The molecule has 3 saturated carbocycles. The van der Waals surface area contributed by atoms with Crippen LogP contribution in [-0.4, -0.2) is 15.3 Å². The van der Waals surface area contributed by atoms with Gasteiger partial charge in [0, 0.05) is 5.92 Å². The largest absolute Gasteiger partial charge is 0.508 e. The lowest BCUT2D eigenvalue weighted by molar-refractivity contribution is 0.413. The normalized spacial score (nSPS) is 19.5. The van der Waals surface area contributed by atoms with Crippen LogP contribution in [0.15, 0.2) is 54.6 Å². The maximum absolute atomic E-state index is 10.9. The Kier molecular flexibility index (Phi) is 8.89. The Morgan fingerprint density at radius 2 is 0.829 bits per heavy atom. The third-order valence-corrected chi connectivity index (χ3v) is 10.6. The topological polar surface area (TPSA) is 60.7 Å². The van der Waals surface area contributed by atoms with E-state index in [9.17, 15) is 15.3 Å². The molecule has 3 aromatic carbocycles. The summed E-state index contributed by atoms with van der Waals surface area (Å²) in [5.41, 5.74) is 7.03. The zero-order chi connectivity index (χ0) is 28.2. The van der Waals surface area contributed by atoms with Crippen LogP contribution in [0.4, 0.5) is 0 Å². The SMILES string of the molecule is Oc1ccc(CC(c2ccc(O)c(C3CCCCC3)c2)c2ccc(O)c(C3CCCCC3)c2)cc1C1CCCCC1. The lowest BCUT2D eigenvalue weighted by atomic mass is 9.78. The zero-order valence-electron chi connectivity index (χ0n) is 24.7. The number of hydrogen-bond acceptors (Lipinski definition) is 3. The minimum atomic E-state index is 0.102. The highest BCUT2D eigenvalue weighted by atomic mass is 16.3. The van der Waals surface area contributed by atoms with Crippen molar-refractivity contribution >= 4 is 0 Å². The van der Waals surface area contributed by atoms with Crippen LogP contribution in [0.3, 0.4) is 0 Å². The van der Waals surface area contributed by atoms with Crippen LogP contribution >= 0.6 is 0 Å². The van der Waals surface area contributed by atoms with Crippen LogP contribution in [0.25, 0.3) is 0 Å². The van der Waals surface area contributed by atoms with Crippen molar-refractivity contribution in [3.05, 3.63) is 88.0 Å². The van der Waals surface area contributed by atoms with Crippen molar-refractivity contribution in [3.8, 4) is 17.2 Å². The van der Waals surface area contributed by atoms with Crippen molar-refractivity contribution in [3.63, 3.8) is 0 Å². The van der Waals surface area contributed by atoms with E-state index in [2.05, 4.69) is 36.4 Å². The van der Waals surface area contributed by atoms with Crippen molar-refractivity contribution in [2.75, 3.05) is 0 Å². The van der Waals surface area contributed by atoms with E-state index in [0.717, 1.165) is 61.6 Å². The van der Waals surface area contributed by atoms with Gasteiger partial charge in [0.05, 0.1) is 0 Å². The lowest BCUT2D eigenvalue weighted by Crippen LogP contribution is -2.11. The minimum Gasteiger partial charge on any atom is -0.508 e. The maximum atomic E-state index is 10.9. The minimum absolute atomic E-state index is 0.102. The smallest absolute Gasteiger partial charge is 0.119 e. The molecule has 3 aliphatic carbocycles. The average molecular weight is 553 g/mol. The first-order valence-electron chi connectivity index (χ1n) is 16.5. The van der Waals surface area contributed by atoms with Crippen molar-refractivity contribution in [2.24, 2.45) is 0 Å². The quantitative estimate of drug-likeness (QED) is 0.273. The monoisotopic (exact) mass is 552 g/mol. The summed E-state index contributed by atoms with van der Waals surface area (Å²) < 4.78 is 0. The van der Waals surface area contributed by atoms with Crippen LogP contribution in [0, 0.1) is 0 Å². The van der Waals surface area contributed by atoms with Crippen LogP contribution in [0.1, 0.15) is 153 Å². The van der Waals surface area contributed by atoms with Gasteiger partial charge in [-0.2, -0.15) is 0 Å². The molecule has 218 valence electrons. The molecule has 41 heavy (non-hydrogen) atoms. The van der Waals surface area contributed by atoms with Crippen LogP contribution < -0.4 is 0 Å². The molecule has 0 spiro atoms. The molecule has 0 aliphatic heterocycles. The number of phenols is 3. The van der Waals surface area contributed by atoms with Gasteiger partial charge in [0.15, 0.2) is 0 Å². The highest BCUT2D eigenvalue weighted by Gasteiger charge is 2.26. The molecule has 0 saturated heterocycles. The predicted molar refractivity (Wildman–Crippen MR) is 167 cm³/mol. The second kappa shape index (κ2) is 12.9. The highest BCUT2D eigenvalue weighted by molar-refractivity contribution is 5.48. The fourth-order valence-corrected chi connectivity index (χ4v) is 8.20. The number of rotatable bonds is 7. The standard InChI is InChI=1S/C38H48O3/c39-36-19-16-26(23-33(36)27-10-4-1-5-11-27)22-32(30-17-20-37(40)34(24-30)28-12-6-2-7-13-28)31-18-21-38(41)35(25-31)29-14-8-3-9-15-29/h16-21,23-25,27-29,32,39-41H,1-15,22H2. The number of benzene rings is 3. The van der Waals surface area contributed by atoms with Crippen molar-refractivity contribution < 1.29 is 15.3 Å².